The number of carbonyl (C=O) groups excluding carboxylic acids is 1. The van der Waals surface area contributed by atoms with Gasteiger partial charge in [0, 0.05) is 60.9 Å². The molecule has 0 radical (unpaired) electrons. The number of rotatable bonds is 5. The predicted molar refractivity (Wildman–Crippen MR) is 149 cm³/mol. The van der Waals surface area contributed by atoms with Crippen LogP contribution in [-0.4, -0.2) is 51.0 Å². The van der Waals surface area contributed by atoms with Crippen molar-refractivity contribution in [1.82, 2.24) is 4.90 Å². The molecule has 2 aliphatic carbocycles. The highest BCUT2D eigenvalue weighted by atomic mass is 32.2. The first kappa shape index (κ1) is 26.7. The molecule has 2 spiro atoms. The molecule has 39 heavy (non-hydrogen) atoms. The first-order valence-electron chi connectivity index (χ1n) is 14.0. The SMILES string of the molecule is C[C@@H](c1cccc(C(=O)N2CC3(CCC4(CC4)CC3)c3cc(NS(C)(=O)=O)ccc32)c1)N1CCC(F)(F)CC1. The number of nitrogens with zero attached hydrogens (tertiary/aromatic N) is 2. The van der Waals surface area contributed by atoms with Gasteiger partial charge in [-0.2, -0.15) is 0 Å². The second-order valence-corrected chi connectivity index (χ2v) is 14.2. The van der Waals surface area contributed by atoms with Crippen molar-refractivity contribution in [3.63, 3.8) is 0 Å². The van der Waals surface area contributed by atoms with Gasteiger partial charge in [0.05, 0.1) is 6.26 Å². The van der Waals surface area contributed by atoms with E-state index >= 15 is 0 Å². The highest BCUT2D eigenvalue weighted by Crippen LogP contribution is 2.62. The first-order valence-corrected chi connectivity index (χ1v) is 15.9. The van der Waals surface area contributed by atoms with Crippen LogP contribution >= 0.6 is 0 Å². The van der Waals surface area contributed by atoms with Gasteiger partial charge in [0.1, 0.15) is 0 Å². The molecule has 1 atom stereocenters. The summed E-state index contributed by atoms with van der Waals surface area (Å²) in [6.45, 7) is 3.26. The number of hydrogen-bond acceptors (Lipinski definition) is 4. The minimum absolute atomic E-state index is 0.0660. The van der Waals surface area contributed by atoms with Gasteiger partial charge in [-0.25, -0.2) is 17.2 Å². The second kappa shape index (κ2) is 9.26. The van der Waals surface area contributed by atoms with Crippen LogP contribution in [0.25, 0.3) is 0 Å². The number of amides is 1. The molecule has 6 nitrogen and oxygen atoms in total. The van der Waals surface area contributed by atoms with Gasteiger partial charge in [-0.05, 0) is 92.3 Å². The van der Waals surface area contributed by atoms with Crippen LogP contribution in [0.3, 0.4) is 0 Å². The predicted octanol–water partition coefficient (Wildman–Crippen LogP) is 6.10. The van der Waals surface area contributed by atoms with Gasteiger partial charge in [-0.1, -0.05) is 12.1 Å². The Morgan fingerprint density at radius 3 is 2.26 bits per heavy atom. The second-order valence-electron chi connectivity index (χ2n) is 12.5. The Morgan fingerprint density at radius 1 is 0.949 bits per heavy atom. The number of piperidine rings is 1. The molecule has 4 aliphatic rings. The summed E-state index contributed by atoms with van der Waals surface area (Å²) in [6, 6.07) is 13.0. The zero-order valence-corrected chi connectivity index (χ0v) is 23.5. The molecule has 1 amide bonds. The molecule has 210 valence electrons. The Bertz CT molecular complexity index is 1390. The van der Waals surface area contributed by atoms with E-state index in [-0.39, 0.29) is 30.2 Å². The fourth-order valence-corrected chi connectivity index (χ4v) is 7.58. The minimum Gasteiger partial charge on any atom is -0.307 e. The van der Waals surface area contributed by atoms with E-state index in [1.807, 2.05) is 48.2 Å². The third kappa shape index (κ3) is 5.20. The lowest BCUT2D eigenvalue weighted by Crippen LogP contribution is -2.41. The molecule has 2 aromatic rings. The van der Waals surface area contributed by atoms with E-state index in [4.69, 9.17) is 0 Å². The van der Waals surface area contributed by atoms with Crippen LogP contribution in [0.15, 0.2) is 42.5 Å². The van der Waals surface area contributed by atoms with Gasteiger partial charge in [-0.15, -0.1) is 0 Å². The van der Waals surface area contributed by atoms with Crippen molar-refractivity contribution in [2.45, 2.75) is 75.7 Å². The van der Waals surface area contributed by atoms with Crippen molar-refractivity contribution in [3.05, 3.63) is 59.2 Å². The van der Waals surface area contributed by atoms with Crippen LogP contribution in [0, 0.1) is 5.41 Å². The minimum atomic E-state index is -3.42. The third-order valence-corrected chi connectivity index (χ3v) is 10.4. The quantitative estimate of drug-likeness (QED) is 0.482. The van der Waals surface area contributed by atoms with Gasteiger partial charge in [-0.3, -0.25) is 14.4 Å². The highest BCUT2D eigenvalue weighted by Gasteiger charge is 2.53. The molecular formula is C30H37F2N3O3S. The van der Waals surface area contributed by atoms with Crippen LogP contribution in [-0.2, 0) is 15.4 Å². The molecule has 0 bridgehead atoms. The summed E-state index contributed by atoms with van der Waals surface area (Å²) in [5.74, 6) is -2.68. The third-order valence-electron chi connectivity index (χ3n) is 9.79. The highest BCUT2D eigenvalue weighted by molar-refractivity contribution is 7.92. The number of halogens is 2. The molecule has 9 heteroatoms. The lowest BCUT2D eigenvalue weighted by atomic mass is 9.66. The standard InChI is InChI=1S/C30H37F2N3O3S/c1-21(34-16-14-30(31,32)15-17-34)22-4-3-5-23(18-22)27(36)35-20-29(12-10-28(8-9-28)11-13-29)25-19-24(6-7-26(25)35)33-39(2,37)38/h3-7,18-19,21,33H,8-17,20H2,1-2H3/t21-/m0/s1. The first-order chi connectivity index (χ1) is 18.4. The summed E-state index contributed by atoms with van der Waals surface area (Å²) < 4.78 is 53.9. The van der Waals surface area contributed by atoms with Gasteiger partial charge >= 0.3 is 0 Å². The Kier molecular flexibility index (Phi) is 6.34. The fraction of sp³-hybridized carbons (Fsp3) is 0.567. The largest absolute Gasteiger partial charge is 0.307 e. The van der Waals surface area contributed by atoms with E-state index in [1.165, 1.54) is 12.8 Å². The average molecular weight is 558 g/mol. The zero-order chi connectivity index (χ0) is 27.6. The van der Waals surface area contributed by atoms with Crippen LogP contribution < -0.4 is 9.62 Å². The molecule has 6 rings (SSSR count). The smallest absolute Gasteiger partial charge is 0.258 e. The van der Waals surface area contributed by atoms with Gasteiger partial charge in [0.15, 0.2) is 0 Å². The van der Waals surface area contributed by atoms with Crippen molar-refractivity contribution in [2.75, 3.05) is 35.5 Å². The lowest BCUT2D eigenvalue weighted by Gasteiger charge is -2.38. The topological polar surface area (TPSA) is 69.7 Å². The van der Waals surface area contributed by atoms with E-state index < -0.39 is 15.9 Å². The van der Waals surface area contributed by atoms with Crippen molar-refractivity contribution in [3.8, 4) is 0 Å². The number of hydrogen-bond donors (Lipinski definition) is 1. The number of carbonyl (C=O) groups is 1. The Morgan fingerprint density at radius 2 is 1.62 bits per heavy atom. The molecule has 2 aromatic carbocycles. The number of benzene rings is 2. The summed E-state index contributed by atoms with van der Waals surface area (Å²) in [4.78, 5) is 18.0. The molecule has 1 N–H and O–H groups in total. The van der Waals surface area contributed by atoms with E-state index in [0.717, 1.165) is 48.8 Å². The van der Waals surface area contributed by atoms with Crippen LogP contribution in [0.1, 0.15) is 85.8 Å². The maximum atomic E-state index is 14.0. The number of fused-ring (bicyclic) bond motifs is 2. The Balaban J connectivity index is 1.28. The number of sulfonamides is 1. The monoisotopic (exact) mass is 557 g/mol. The van der Waals surface area contributed by atoms with E-state index in [9.17, 15) is 22.0 Å². The fourth-order valence-electron chi connectivity index (χ4n) is 7.03. The molecule has 3 fully saturated rings. The zero-order valence-electron chi connectivity index (χ0n) is 22.7. The molecular weight excluding hydrogens is 520 g/mol. The summed E-state index contributed by atoms with van der Waals surface area (Å²) in [5.41, 5.74) is 4.26. The van der Waals surface area contributed by atoms with Gasteiger partial charge in [0.2, 0.25) is 10.0 Å². The van der Waals surface area contributed by atoms with Gasteiger partial charge in [0.25, 0.3) is 11.8 Å². The van der Waals surface area contributed by atoms with Crippen LogP contribution in [0.4, 0.5) is 20.2 Å². The van der Waals surface area contributed by atoms with Crippen molar-refractivity contribution >= 4 is 27.3 Å². The van der Waals surface area contributed by atoms with E-state index in [2.05, 4.69) is 9.62 Å². The molecule has 1 saturated heterocycles. The van der Waals surface area contributed by atoms with E-state index in [1.54, 1.807) is 6.07 Å². The molecule has 0 aromatic heterocycles. The average Bonchev–Trinajstić information content (AvgIpc) is 3.59. The van der Waals surface area contributed by atoms with Crippen LogP contribution in [0.5, 0.6) is 0 Å². The Hall–Kier alpha value is -2.52. The maximum Gasteiger partial charge on any atom is 0.258 e. The maximum absolute atomic E-state index is 14.0. The van der Waals surface area contributed by atoms with Crippen LogP contribution in [0.2, 0.25) is 0 Å². The molecule has 2 saturated carbocycles. The number of anilines is 2. The van der Waals surface area contributed by atoms with Crippen molar-refractivity contribution in [2.24, 2.45) is 5.41 Å². The Labute approximate surface area is 229 Å². The van der Waals surface area contributed by atoms with E-state index in [0.29, 0.717) is 36.3 Å². The number of likely N-dealkylation sites (tertiary alicyclic amines) is 1. The summed E-state index contributed by atoms with van der Waals surface area (Å²) in [7, 11) is -3.42. The summed E-state index contributed by atoms with van der Waals surface area (Å²) in [5, 5.41) is 0. The molecule has 0 unspecified atom stereocenters. The van der Waals surface area contributed by atoms with Crippen molar-refractivity contribution in [1.29, 1.82) is 0 Å². The molecule has 2 aliphatic heterocycles. The van der Waals surface area contributed by atoms with Crippen molar-refractivity contribution < 1.29 is 22.0 Å². The summed E-state index contributed by atoms with van der Waals surface area (Å²) >= 11 is 0. The number of nitrogens with one attached hydrogen (secondary N) is 1. The summed E-state index contributed by atoms with van der Waals surface area (Å²) in [6.07, 6.45) is 7.69. The molecule has 2 heterocycles. The normalized spacial score (nSPS) is 23.9. The lowest BCUT2D eigenvalue weighted by molar-refractivity contribution is -0.0620. The van der Waals surface area contributed by atoms with Gasteiger partial charge < -0.3 is 4.90 Å². The number of alkyl halides is 2.